The SMILES string of the molecule is C.C.CC.CC.COC(C)(C(=O)O)C(=O)O.COC1(C(=O)O)CCC1. The van der Waals surface area contributed by atoms with Gasteiger partial charge in [0, 0.05) is 14.2 Å². The standard InChI is InChI=1S/C6H10O3.C5H8O5.2C2H6.2CH4/c1-9-6(5(7)8)3-2-4-6;1-5(10-2,3(6)7)4(8)9;2*1-2;;/h2-4H2,1H3,(H,7,8);1-2H3,(H,6,7)(H,8,9);2*1-2H3;2*1H4. The molecule has 1 saturated carbocycles. The Balaban J connectivity index is -0.0000000833. The summed E-state index contributed by atoms with van der Waals surface area (Å²) in [6, 6.07) is 0. The molecule has 0 unspecified atom stereocenters. The molecule has 0 aliphatic heterocycles. The molecule has 154 valence electrons. The molecule has 0 bridgehead atoms. The molecular formula is C17H38O8. The molecule has 0 radical (unpaired) electrons. The molecule has 0 heterocycles. The third-order valence-corrected chi connectivity index (χ3v) is 3.17. The van der Waals surface area contributed by atoms with Crippen molar-refractivity contribution < 1.29 is 39.2 Å². The van der Waals surface area contributed by atoms with Crippen molar-refractivity contribution >= 4 is 17.9 Å². The third kappa shape index (κ3) is 10.0. The van der Waals surface area contributed by atoms with E-state index in [0.29, 0.717) is 12.8 Å². The molecule has 1 rings (SSSR count). The summed E-state index contributed by atoms with van der Waals surface area (Å²) < 4.78 is 9.10. The fourth-order valence-corrected chi connectivity index (χ4v) is 1.27. The van der Waals surface area contributed by atoms with Crippen LogP contribution in [0.3, 0.4) is 0 Å². The van der Waals surface area contributed by atoms with E-state index >= 15 is 0 Å². The second-order valence-electron chi connectivity index (χ2n) is 4.20. The van der Waals surface area contributed by atoms with Crippen molar-refractivity contribution in [3.8, 4) is 0 Å². The van der Waals surface area contributed by atoms with E-state index in [9.17, 15) is 14.4 Å². The highest BCUT2D eigenvalue weighted by Crippen LogP contribution is 2.34. The number of carbonyl (C=O) groups is 3. The van der Waals surface area contributed by atoms with Crippen molar-refractivity contribution in [2.45, 2.75) is 79.9 Å². The van der Waals surface area contributed by atoms with E-state index < -0.39 is 29.1 Å². The van der Waals surface area contributed by atoms with Crippen molar-refractivity contribution in [2.24, 2.45) is 0 Å². The molecule has 0 aromatic carbocycles. The zero-order chi connectivity index (χ0) is 19.3. The van der Waals surface area contributed by atoms with E-state index in [4.69, 9.17) is 20.1 Å². The summed E-state index contributed by atoms with van der Waals surface area (Å²) in [5.41, 5.74) is -2.94. The van der Waals surface area contributed by atoms with Gasteiger partial charge in [-0.3, -0.25) is 0 Å². The molecule has 8 heteroatoms. The van der Waals surface area contributed by atoms with E-state index in [2.05, 4.69) is 4.74 Å². The summed E-state index contributed by atoms with van der Waals surface area (Å²) in [4.78, 5) is 30.8. The van der Waals surface area contributed by atoms with Gasteiger partial charge in [-0.1, -0.05) is 42.5 Å². The first-order chi connectivity index (χ1) is 10.7. The van der Waals surface area contributed by atoms with Crippen molar-refractivity contribution in [1.29, 1.82) is 0 Å². The van der Waals surface area contributed by atoms with Gasteiger partial charge in [0.25, 0.3) is 5.60 Å². The average Bonchev–Trinajstić information content (AvgIpc) is 2.49. The minimum absolute atomic E-state index is 0. The van der Waals surface area contributed by atoms with Gasteiger partial charge in [-0.25, -0.2) is 14.4 Å². The van der Waals surface area contributed by atoms with Crippen LogP contribution in [0.5, 0.6) is 0 Å². The van der Waals surface area contributed by atoms with Crippen LogP contribution < -0.4 is 0 Å². The Morgan fingerprint density at radius 2 is 1.20 bits per heavy atom. The highest BCUT2D eigenvalue weighted by molar-refractivity contribution is 6.01. The first-order valence-corrected chi connectivity index (χ1v) is 7.47. The topological polar surface area (TPSA) is 130 Å². The molecule has 0 spiro atoms. The molecule has 8 nitrogen and oxygen atoms in total. The van der Waals surface area contributed by atoms with Crippen LogP contribution in [0.2, 0.25) is 0 Å². The van der Waals surface area contributed by atoms with Crippen LogP contribution in [0.1, 0.15) is 68.7 Å². The molecular weight excluding hydrogens is 332 g/mol. The first-order valence-electron chi connectivity index (χ1n) is 7.47. The molecule has 0 aromatic rings. The van der Waals surface area contributed by atoms with Gasteiger partial charge >= 0.3 is 17.9 Å². The Bertz CT molecular complexity index is 342. The van der Waals surface area contributed by atoms with E-state index in [-0.39, 0.29) is 14.9 Å². The Labute approximate surface area is 152 Å². The quantitative estimate of drug-likeness (QED) is 0.626. The average molecular weight is 370 g/mol. The number of aliphatic carboxylic acids is 3. The van der Waals surface area contributed by atoms with E-state index in [1.165, 1.54) is 7.11 Å². The Morgan fingerprint density at radius 3 is 1.20 bits per heavy atom. The summed E-state index contributed by atoms with van der Waals surface area (Å²) in [5.74, 6) is -3.85. The van der Waals surface area contributed by atoms with Gasteiger partial charge < -0.3 is 24.8 Å². The molecule has 0 aromatic heterocycles. The molecule has 3 N–H and O–H groups in total. The Morgan fingerprint density at radius 1 is 0.880 bits per heavy atom. The van der Waals surface area contributed by atoms with Gasteiger partial charge in [-0.2, -0.15) is 0 Å². The van der Waals surface area contributed by atoms with Crippen molar-refractivity contribution in [3.63, 3.8) is 0 Å². The zero-order valence-corrected chi connectivity index (χ0v) is 15.0. The normalized spacial score (nSPS) is 13.1. The second-order valence-corrected chi connectivity index (χ2v) is 4.20. The van der Waals surface area contributed by atoms with Crippen molar-refractivity contribution in [3.05, 3.63) is 0 Å². The fourth-order valence-electron chi connectivity index (χ4n) is 1.27. The molecule has 25 heavy (non-hydrogen) atoms. The van der Waals surface area contributed by atoms with Crippen LogP contribution in [0.25, 0.3) is 0 Å². The number of hydrogen-bond acceptors (Lipinski definition) is 5. The lowest BCUT2D eigenvalue weighted by atomic mass is 9.80. The van der Waals surface area contributed by atoms with Gasteiger partial charge in [-0.15, -0.1) is 0 Å². The van der Waals surface area contributed by atoms with Gasteiger partial charge in [0.1, 0.15) is 0 Å². The summed E-state index contributed by atoms with van der Waals surface area (Å²) >= 11 is 0. The van der Waals surface area contributed by atoms with Gasteiger partial charge in [0.05, 0.1) is 0 Å². The van der Waals surface area contributed by atoms with Crippen molar-refractivity contribution in [1.82, 2.24) is 0 Å². The second kappa shape index (κ2) is 17.2. The minimum Gasteiger partial charge on any atom is -0.479 e. The van der Waals surface area contributed by atoms with Crippen LogP contribution in [0.15, 0.2) is 0 Å². The molecule has 1 fully saturated rings. The van der Waals surface area contributed by atoms with Crippen LogP contribution in [0, 0.1) is 0 Å². The van der Waals surface area contributed by atoms with E-state index in [1.54, 1.807) is 0 Å². The van der Waals surface area contributed by atoms with Crippen LogP contribution >= 0.6 is 0 Å². The molecule has 0 amide bonds. The van der Waals surface area contributed by atoms with Crippen LogP contribution in [-0.4, -0.2) is 58.6 Å². The van der Waals surface area contributed by atoms with Gasteiger partial charge in [0.2, 0.25) is 0 Å². The predicted molar refractivity (Wildman–Crippen MR) is 98.1 cm³/mol. The summed E-state index contributed by atoms with van der Waals surface area (Å²) in [6.45, 7) is 8.97. The Kier molecular flexibility index (Phi) is 23.8. The molecule has 0 saturated heterocycles. The van der Waals surface area contributed by atoms with Crippen LogP contribution in [-0.2, 0) is 23.9 Å². The van der Waals surface area contributed by atoms with Gasteiger partial charge in [0.15, 0.2) is 5.60 Å². The molecule has 1 aliphatic carbocycles. The highest BCUT2D eigenvalue weighted by atomic mass is 16.5. The van der Waals surface area contributed by atoms with E-state index in [0.717, 1.165) is 20.5 Å². The zero-order valence-electron chi connectivity index (χ0n) is 15.0. The van der Waals surface area contributed by atoms with E-state index in [1.807, 2.05) is 27.7 Å². The van der Waals surface area contributed by atoms with Crippen LogP contribution in [0.4, 0.5) is 0 Å². The lowest BCUT2D eigenvalue weighted by Gasteiger charge is -2.35. The number of carboxylic acids is 3. The first kappa shape index (κ1) is 34.6. The maximum Gasteiger partial charge on any atom is 0.347 e. The van der Waals surface area contributed by atoms with Gasteiger partial charge in [-0.05, 0) is 26.2 Å². The summed E-state index contributed by atoms with van der Waals surface area (Å²) in [6.07, 6.45) is 2.30. The maximum atomic E-state index is 10.4. The summed E-state index contributed by atoms with van der Waals surface area (Å²) in [5, 5.41) is 25.2. The maximum absolute atomic E-state index is 10.4. The number of rotatable bonds is 5. The smallest absolute Gasteiger partial charge is 0.347 e. The number of hydrogen-bond donors (Lipinski definition) is 3. The largest absolute Gasteiger partial charge is 0.479 e. The lowest BCUT2D eigenvalue weighted by Crippen LogP contribution is -2.46. The minimum atomic E-state index is -2.12. The number of carboxylic acid groups (broad SMARTS) is 3. The lowest BCUT2D eigenvalue weighted by molar-refractivity contribution is -0.177. The monoisotopic (exact) mass is 370 g/mol. The fraction of sp³-hybridized carbons (Fsp3) is 0.824. The third-order valence-electron chi connectivity index (χ3n) is 3.17. The molecule has 0 atom stereocenters. The highest BCUT2D eigenvalue weighted by Gasteiger charge is 2.44. The Hall–Kier alpha value is -1.67. The predicted octanol–water partition coefficient (Wildman–Crippen LogP) is 3.53. The number of ether oxygens (including phenoxy) is 2. The summed E-state index contributed by atoms with van der Waals surface area (Å²) in [7, 11) is 2.48. The number of methoxy groups -OCH3 is 2. The van der Waals surface area contributed by atoms with Crippen molar-refractivity contribution in [2.75, 3.05) is 14.2 Å². The molecule has 1 aliphatic rings.